The van der Waals surface area contributed by atoms with Crippen LogP contribution in [-0.2, 0) is 22.6 Å². The molecule has 0 radical (unpaired) electrons. The Morgan fingerprint density at radius 2 is 2.33 bits per heavy atom. The molecular weight excluding hydrogens is 230 g/mol. The Balaban J connectivity index is 2.44. The van der Waals surface area contributed by atoms with E-state index in [1.807, 2.05) is 30.2 Å². The fourth-order valence-corrected chi connectivity index (χ4v) is 1.57. The van der Waals surface area contributed by atoms with Crippen molar-refractivity contribution in [3.05, 3.63) is 30.9 Å². The van der Waals surface area contributed by atoms with Crippen LogP contribution in [0.3, 0.4) is 0 Å². The lowest BCUT2D eigenvalue weighted by atomic mass is 10.3. The maximum absolute atomic E-state index is 11.3. The van der Waals surface area contributed by atoms with Crippen molar-refractivity contribution in [2.75, 3.05) is 6.54 Å². The molecule has 0 aliphatic carbocycles. The summed E-state index contributed by atoms with van der Waals surface area (Å²) in [6.07, 6.45) is 6.71. The number of aromatic nitrogens is 2. The molecule has 0 spiro atoms. The van der Waals surface area contributed by atoms with Gasteiger partial charge in [0.1, 0.15) is 25.0 Å². The van der Waals surface area contributed by atoms with E-state index in [0.717, 1.165) is 13.0 Å². The standard InChI is InChI=1S/C13H22N3O2/c1-11(2)13(17)18-12(3)9-16-8-7-15(10-16)6-4-5-14/h7-8,10,12H,1,4-6,9,14H2,2-3H3/q+1. The minimum atomic E-state index is -0.342. The zero-order valence-electron chi connectivity index (χ0n) is 11.1. The largest absolute Gasteiger partial charge is 0.455 e. The fraction of sp³-hybridized carbons (Fsp3) is 0.538. The molecule has 100 valence electrons. The van der Waals surface area contributed by atoms with Crippen molar-refractivity contribution in [3.8, 4) is 0 Å². The molecule has 1 aromatic heterocycles. The van der Waals surface area contributed by atoms with Crippen molar-refractivity contribution in [2.24, 2.45) is 5.73 Å². The van der Waals surface area contributed by atoms with Crippen LogP contribution in [0, 0.1) is 0 Å². The summed E-state index contributed by atoms with van der Waals surface area (Å²) in [5.41, 5.74) is 5.88. The Bertz CT molecular complexity index is 412. The summed E-state index contributed by atoms with van der Waals surface area (Å²) in [7, 11) is 0. The van der Waals surface area contributed by atoms with Gasteiger partial charge in [-0.25, -0.2) is 13.9 Å². The van der Waals surface area contributed by atoms with E-state index in [2.05, 4.69) is 11.1 Å². The Labute approximate surface area is 108 Å². The monoisotopic (exact) mass is 252 g/mol. The number of nitrogens with zero attached hydrogens (tertiary/aromatic N) is 2. The second kappa shape index (κ2) is 6.96. The summed E-state index contributed by atoms with van der Waals surface area (Å²) in [5.74, 6) is -0.342. The predicted molar refractivity (Wildman–Crippen MR) is 68.7 cm³/mol. The molecule has 18 heavy (non-hydrogen) atoms. The molecule has 1 unspecified atom stereocenters. The molecule has 1 rings (SSSR count). The lowest BCUT2D eigenvalue weighted by Gasteiger charge is -2.10. The summed E-state index contributed by atoms with van der Waals surface area (Å²) < 4.78 is 9.28. The number of aryl methyl sites for hydroxylation is 1. The molecule has 5 nitrogen and oxygen atoms in total. The zero-order valence-corrected chi connectivity index (χ0v) is 11.1. The molecule has 2 N–H and O–H groups in total. The Kier molecular flexibility index (Phi) is 5.58. The number of nitrogens with two attached hydrogens (primary N) is 1. The maximum Gasteiger partial charge on any atom is 0.333 e. The molecule has 0 saturated carbocycles. The van der Waals surface area contributed by atoms with Gasteiger partial charge in [-0.05, 0) is 26.8 Å². The average Bonchev–Trinajstić information content (AvgIpc) is 2.73. The van der Waals surface area contributed by atoms with Gasteiger partial charge in [-0.15, -0.1) is 0 Å². The van der Waals surface area contributed by atoms with Crippen LogP contribution in [0.4, 0.5) is 0 Å². The molecule has 1 aromatic rings. The summed E-state index contributed by atoms with van der Waals surface area (Å²) in [6, 6.07) is 0. The van der Waals surface area contributed by atoms with Gasteiger partial charge in [0.05, 0.1) is 6.54 Å². The third kappa shape index (κ3) is 4.71. The molecule has 0 amide bonds. The van der Waals surface area contributed by atoms with Gasteiger partial charge in [-0.2, -0.15) is 0 Å². The van der Waals surface area contributed by atoms with E-state index < -0.39 is 0 Å². The van der Waals surface area contributed by atoms with Gasteiger partial charge in [-0.3, -0.25) is 0 Å². The molecule has 0 aliphatic heterocycles. The highest BCUT2D eigenvalue weighted by molar-refractivity contribution is 5.87. The van der Waals surface area contributed by atoms with Gasteiger partial charge in [0, 0.05) is 5.57 Å². The first-order valence-corrected chi connectivity index (χ1v) is 6.14. The van der Waals surface area contributed by atoms with Crippen molar-refractivity contribution < 1.29 is 14.1 Å². The van der Waals surface area contributed by atoms with Gasteiger partial charge in [0.25, 0.3) is 0 Å². The quantitative estimate of drug-likeness (QED) is 0.440. The van der Waals surface area contributed by atoms with Gasteiger partial charge < -0.3 is 10.5 Å². The number of ether oxygens (including phenoxy) is 1. The van der Waals surface area contributed by atoms with Gasteiger partial charge in [0.2, 0.25) is 6.33 Å². The van der Waals surface area contributed by atoms with E-state index in [4.69, 9.17) is 10.5 Å². The Hall–Kier alpha value is -1.62. The third-order valence-electron chi connectivity index (χ3n) is 2.49. The predicted octanol–water partition coefficient (Wildman–Crippen LogP) is 0.632. The zero-order chi connectivity index (χ0) is 13.5. The number of rotatable bonds is 7. The molecule has 0 bridgehead atoms. The van der Waals surface area contributed by atoms with Crippen LogP contribution in [0.25, 0.3) is 0 Å². The first kappa shape index (κ1) is 14.4. The van der Waals surface area contributed by atoms with Crippen LogP contribution in [-0.4, -0.2) is 23.2 Å². The molecule has 5 heteroatoms. The highest BCUT2D eigenvalue weighted by atomic mass is 16.5. The minimum Gasteiger partial charge on any atom is -0.455 e. The van der Waals surface area contributed by atoms with E-state index in [9.17, 15) is 4.79 Å². The first-order valence-electron chi connectivity index (χ1n) is 6.14. The van der Waals surface area contributed by atoms with Crippen LogP contribution in [0.5, 0.6) is 0 Å². The molecular formula is C13H22N3O2+. The van der Waals surface area contributed by atoms with E-state index in [-0.39, 0.29) is 12.1 Å². The third-order valence-corrected chi connectivity index (χ3v) is 2.49. The smallest absolute Gasteiger partial charge is 0.333 e. The molecule has 1 heterocycles. The van der Waals surface area contributed by atoms with E-state index in [1.165, 1.54) is 0 Å². The van der Waals surface area contributed by atoms with Crippen molar-refractivity contribution in [1.82, 2.24) is 4.57 Å². The maximum atomic E-state index is 11.3. The topological polar surface area (TPSA) is 61.1 Å². The second-order valence-corrected chi connectivity index (χ2v) is 4.49. The van der Waals surface area contributed by atoms with Crippen molar-refractivity contribution >= 4 is 5.97 Å². The highest BCUT2D eigenvalue weighted by Gasteiger charge is 2.13. The summed E-state index contributed by atoms with van der Waals surface area (Å²) in [6.45, 7) is 9.29. The fourth-order valence-electron chi connectivity index (χ4n) is 1.57. The summed E-state index contributed by atoms with van der Waals surface area (Å²) >= 11 is 0. The summed E-state index contributed by atoms with van der Waals surface area (Å²) in [4.78, 5) is 11.3. The van der Waals surface area contributed by atoms with Gasteiger partial charge in [0.15, 0.2) is 0 Å². The number of carbonyl (C=O) groups excluding carboxylic acids is 1. The van der Waals surface area contributed by atoms with Crippen molar-refractivity contribution in [1.29, 1.82) is 0 Å². The average molecular weight is 252 g/mol. The number of esters is 1. The summed E-state index contributed by atoms with van der Waals surface area (Å²) in [5, 5.41) is 0. The number of carbonyl (C=O) groups is 1. The Morgan fingerprint density at radius 1 is 1.61 bits per heavy atom. The van der Waals surface area contributed by atoms with Crippen molar-refractivity contribution in [2.45, 2.75) is 39.5 Å². The van der Waals surface area contributed by atoms with E-state index >= 15 is 0 Å². The molecule has 0 aliphatic rings. The first-order chi connectivity index (χ1) is 8.52. The van der Waals surface area contributed by atoms with Crippen LogP contribution < -0.4 is 10.3 Å². The van der Waals surface area contributed by atoms with Gasteiger partial charge in [-0.1, -0.05) is 6.58 Å². The second-order valence-electron chi connectivity index (χ2n) is 4.49. The number of imidazole rings is 1. The lowest BCUT2D eigenvalue weighted by molar-refractivity contribution is -0.702. The highest BCUT2D eigenvalue weighted by Crippen LogP contribution is 1.98. The van der Waals surface area contributed by atoms with Crippen LogP contribution in [0.1, 0.15) is 20.3 Å². The van der Waals surface area contributed by atoms with Crippen LogP contribution in [0.2, 0.25) is 0 Å². The molecule has 0 fully saturated rings. The molecule has 0 saturated heterocycles. The van der Waals surface area contributed by atoms with E-state index in [0.29, 0.717) is 18.7 Å². The van der Waals surface area contributed by atoms with Crippen LogP contribution in [0.15, 0.2) is 30.9 Å². The van der Waals surface area contributed by atoms with Crippen molar-refractivity contribution in [3.63, 3.8) is 0 Å². The lowest BCUT2D eigenvalue weighted by Crippen LogP contribution is -2.38. The molecule has 1 atom stereocenters. The van der Waals surface area contributed by atoms with Gasteiger partial charge >= 0.3 is 5.97 Å². The minimum absolute atomic E-state index is 0.176. The molecule has 0 aromatic carbocycles. The van der Waals surface area contributed by atoms with E-state index in [1.54, 1.807) is 6.92 Å². The number of hydrogen-bond acceptors (Lipinski definition) is 3. The number of hydrogen-bond donors (Lipinski definition) is 1. The van der Waals surface area contributed by atoms with Crippen LogP contribution >= 0.6 is 0 Å². The SMILES string of the molecule is C=C(C)C(=O)OC(C)C[n+]1ccn(CCCN)c1. The Morgan fingerprint density at radius 3 is 2.94 bits per heavy atom. The normalized spacial score (nSPS) is 12.2.